The molecule has 1 rings (SSSR count). The zero-order valence-electron chi connectivity index (χ0n) is 8.42. The third-order valence-corrected chi connectivity index (χ3v) is 2.55. The van der Waals surface area contributed by atoms with Crippen molar-refractivity contribution < 1.29 is 9.13 Å². The van der Waals surface area contributed by atoms with Crippen LogP contribution in [0.2, 0.25) is 0 Å². The van der Waals surface area contributed by atoms with Gasteiger partial charge in [-0.15, -0.1) is 11.6 Å². The van der Waals surface area contributed by atoms with Crippen LogP contribution in [0.3, 0.4) is 0 Å². The Morgan fingerprint density at radius 3 is 2.50 bits per heavy atom. The molecule has 1 atom stereocenters. The SMILES string of the molecule is COc1ccc(C(Cl)N(C)C)cc1F. The summed E-state index contributed by atoms with van der Waals surface area (Å²) in [6.07, 6.45) is 0. The van der Waals surface area contributed by atoms with Gasteiger partial charge in [0.2, 0.25) is 0 Å². The smallest absolute Gasteiger partial charge is 0.165 e. The molecule has 2 nitrogen and oxygen atoms in total. The second-order valence-electron chi connectivity index (χ2n) is 3.19. The molecule has 0 spiro atoms. The van der Waals surface area contributed by atoms with Crippen LogP contribution < -0.4 is 4.74 Å². The third-order valence-electron chi connectivity index (χ3n) is 1.90. The van der Waals surface area contributed by atoms with Crippen molar-refractivity contribution in [1.29, 1.82) is 0 Å². The highest BCUT2D eigenvalue weighted by Gasteiger charge is 2.12. The largest absolute Gasteiger partial charge is 0.494 e. The molecule has 14 heavy (non-hydrogen) atoms. The van der Waals surface area contributed by atoms with Gasteiger partial charge in [0.1, 0.15) is 5.50 Å². The van der Waals surface area contributed by atoms with E-state index in [9.17, 15) is 4.39 Å². The van der Waals surface area contributed by atoms with E-state index in [2.05, 4.69) is 0 Å². The van der Waals surface area contributed by atoms with Crippen molar-refractivity contribution in [2.75, 3.05) is 21.2 Å². The van der Waals surface area contributed by atoms with Crippen LogP contribution in [0, 0.1) is 5.82 Å². The molecule has 0 aliphatic carbocycles. The molecule has 0 aliphatic heterocycles. The van der Waals surface area contributed by atoms with Crippen LogP contribution in [-0.2, 0) is 0 Å². The van der Waals surface area contributed by atoms with E-state index in [1.807, 2.05) is 14.1 Å². The topological polar surface area (TPSA) is 12.5 Å². The molecule has 0 saturated heterocycles. The highest BCUT2D eigenvalue weighted by molar-refractivity contribution is 6.20. The van der Waals surface area contributed by atoms with E-state index >= 15 is 0 Å². The van der Waals surface area contributed by atoms with Crippen LogP contribution in [0.15, 0.2) is 18.2 Å². The molecule has 1 aromatic carbocycles. The van der Waals surface area contributed by atoms with Crippen LogP contribution in [0.25, 0.3) is 0 Å². The van der Waals surface area contributed by atoms with Crippen molar-refractivity contribution in [3.8, 4) is 5.75 Å². The van der Waals surface area contributed by atoms with Crippen molar-refractivity contribution >= 4 is 11.6 Å². The first kappa shape index (κ1) is 11.3. The van der Waals surface area contributed by atoms with E-state index < -0.39 is 5.82 Å². The maximum atomic E-state index is 13.3. The summed E-state index contributed by atoms with van der Waals surface area (Å²) in [6, 6.07) is 4.71. The van der Waals surface area contributed by atoms with E-state index in [-0.39, 0.29) is 11.3 Å². The Hall–Kier alpha value is -0.800. The lowest BCUT2D eigenvalue weighted by atomic mass is 10.2. The average Bonchev–Trinajstić information content (AvgIpc) is 2.16. The van der Waals surface area contributed by atoms with Crippen molar-refractivity contribution in [1.82, 2.24) is 4.90 Å². The predicted molar refractivity (Wildman–Crippen MR) is 55.2 cm³/mol. The number of ether oxygens (including phenoxy) is 1. The monoisotopic (exact) mass is 217 g/mol. The number of hydrogen-bond acceptors (Lipinski definition) is 2. The molecule has 1 unspecified atom stereocenters. The summed E-state index contributed by atoms with van der Waals surface area (Å²) in [7, 11) is 5.10. The van der Waals surface area contributed by atoms with E-state index in [4.69, 9.17) is 16.3 Å². The minimum absolute atomic E-state index is 0.233. The third kappa shape index (κ3) is 2.36. The van der Waals surface area contributed by atoms with Crippen LogP contribution in [0.5, 0.6) is 5.75 Å². The number of rotatable bonds is 3. The molecule has 0 aromatic heterocycles. The summed E-state index contributed by atoms with van der Waals surface area (Å²) in [5.41, 5.74) is 0.394. The Kier molecular flexibility index (Phi) is 3.72. The minimum Gasteiger partial charge on any atom is -0.494 e. The lowest BCUT2D eigenvalue weighted by Crippen LogP contribution is -2.14. The predicted octanol–water partition coefficient (Wildman–Crippen LogP) is 2.63. The highest BCUT2D eigenvalue weighted by atomic mass is 35.5. The van der Waals surface area contributed by atoms with Crippen LogP contribution in [0.4, 0.5) is 4.39 Å². The molecule has 0 radical (unpaired) electrons. The van der Waals surface area contributed by atoms with Gasteiger partial charge in [-0.3, -0.25) is 4.90 Å². The standard InChI is InChI=1S/C10H13ClFNO/c1-13(2)10(11)7-4-5-9(14-3)8(12)6-7/h4-6,10H,1-3H3. The van der Waals surface area contributed by atoms with Gasteiger partial charge in [-0.1, -0.05) is 6.07 Å². The zero-order valence-corrected chi connectivity index (χ0v) is 9.18. The lowest BCUT2D eigenvalue weighted by Gasteiger charge is -2.18. The molecule has 78 valence electrons. The van der Waals surface area contributed by atoms with Gasteiger partial charge in [-0.05, 0) is 31.8 Å². The number of methoxy groups -OCH3 is 1. The summed E-state index contributed by atoms with van der Waals surface area (Å²) >= 11 is 6.03. The second-order valence-corrected chi connectivity index (χ2v) is 3.61. The van der Waals surface area contributed by atoms with E-state index in [0.29, 0.717) is 0 Å². The normalized spacial score (nSPS) is 13.0. The molecular formula is C10H13ClFNO. The summed E-state index contributed by atoms with van der Waals surface area (Å²) < 4.78 is 18.1. The average molecular weight is 218 g/mol. The van der Waals surface area contributed by atoms with Crippen molar-refractivity contribution in [3.05, 3.63) is 29.6 Å². The summed E-state index contributed by atoms with van der Waals surface area (Å²) in [4.78, 5) is 1.79. The molecule has 4 heteroatoms. The van der Waals surface area contributed by atoms with Gasteiger partial charge >= 0.3 is 0 Å². The van der Waals surface area contributed by atoms with Gasteiger partial charge in [-0.25, -0.2) is 4.39 Å². The number of nitrogens with zero attached hydrogens (tertiary/aromatic N) is 1. The fraction of sp³-hybridized carbons (Fsp3) is 0.400. The number of hydrogen-bond donors (Lipinski definition) is 0. The van der Waals surface area contributed by atoms with Gasteiger partial charge in [0.15, 0.2) is 11.6 Å². The van der Waals surface area contributed by atoms with Crippen LogP contribution in [-0.4, -0.2) is 26.1 Å². The molecule has 0 amide bonds. The van der Waals surface area contributed by atoms with Crippen molar-refractivity contribution in [2.24, 2.45) is 0 Å². The van der Waals surface area contributed by atoms with Crippen LogP contribution in [0.1, 0.15) is 11.1 Å². The first-order valence-corrected chi connectivity index (χ1v) is 4.64. The Labute approximate surface area is 88.2 Å². The molecule has 0 fully saturated rings. The number of halogens is 2. The molecular weight excluding hydrogens is 205 g/mol. The van der Waals surface area contributed by atoms with E-state index in [1.54, 1.807) is 17.0 Å². The van der Waals surface area contributed by atoms with E-state index in [0.717, 1.165) is 5.56 Å². The molecule has 1 aromatic rings. The Balaban J connectivity index is 2.96. The second kappa shape index (κ2) is 4.62. The van der Waals surface area contributed by atoms with Crippen molar-refractivity contribution in [3.63, 3.8) is 0 Å². The van der Waals surface area contributed by atoms with Crippen molar-refractivity contribution in [2.45, 2.75) is 5.50 Å². The summed E-state index contributed by atoms with van der Waals surface area (Å²) in [5, 5.41) is 0. The maximum absolute atomic E-state index is 13.3. The zero-order chi connectivity index (χ0) is 10.7. The van der Waals surface area contributed by atoms with Gasteiger partial charge in [-0.2, -0.15) is 0 Å². The lowest BCUT2D eigenvalue weighted by molar-refractivity contribution is 0.374. The Bertz CT molecular complexity index is 317. The van der Waals surface area contributed by atoms with Crippen LogP contribution >= 0.6 is 11.6 Å². The summed E-state index contributed by atoms with van der Waals surface area (Å²) in [5.74, 6) is -0.158. The fourth-order valence-electron chi connectivity index (χ4n) is 1.13. The molecule has 0 heterocycles. The molecule has 0 aliphatic rings. The first-order chi connectivity index (χ1) is 6.56. The fourth-order valence-corrected chi connectivity index (χ4v) is 1.26. The summed E-state index contributed by atoms with van der Waals surface area (Å²) in [6.45, 7) is 0. The molecule has 0 N–H and O–H groups in total. The quantitative estimate of drug-likeness (QED) is 0.570. The Morgan fingerprint density at radius 2 is 2.07 bits per heavy atom. The number of alkyl halides is 1. The molecule has 0 bridgehead atoms. The number of benzene rings is 1. The van der Waals surface area contributed by atoms with E-state index in [1.165, 1.54) is 13.2 Å². The first-order valence-electron chi connectivity index (χ1n) is 4.20. The maximum Gasteiger partial charge on any atom is 0.165 e. The highest BCUT2D eigenvalue weighted by Crippen LogP contribution is 2.26. The Morgan fingerprint density at radius 1 is 1.43 bits per heavy atom. The van der Waals surface area contributed by atoms with Gasteiger partial charge < -0.3 is 4.74 Å². The van der Waals surface area contributed by atoms with Gasteiger partial charge in [0, 0.05) is 0 Å². The van der Waals surface area contributed by atoms with Gasteiger partial charge in [0.05, 0.1) is 7.11 Å². The van der Waals surface area contributed by atoms with Gasteiger partial charge in [0.25, 0.3) is 0 Å². The molecule has 0 saturated carbocycles. The minimum atomic E-state index is -0.391.